The predicted molar refractivity (Wildman–Crippen MR) is 112 cm³/mol. The van der Waals surface area contributed by atoms with E-state index in [0.717, 1.165) is 44.1 Å². The van der Waals surface area contributed by atoms with E-state index in [-0.39, 0.29) is 5.91 Å². The summed E-state index contributed by atoms with van der Waals surface area (Å²) in [5.41, 5.74) is 1.84. The molecule has 0 aliphatic carbocycles. The molecule has 1 amide bonds. The van der Waals surface area contributed by atoms with Crippen LogP contribution in [0.5, 0.6) is 0 Å². The molecule has 1 aliphatic rings. The summed E-state index contributed by atoms with van der Waals surface area (Å²) in [5, 5.41) is 9.38. The summed E-state index contributed by atoms with van der Waals surface area (Å²) < 4.78 is 0. The lowest BCUT2D eigenvalue weighted by Gasteiger charge is -2.19. The van der Waals surface area contributed by atoms with Gasteiger partial charge < -0.3 is 20.9 Å². The molecule has 2 rings (SSSR count). The number of benzene rings is 1. The molecule has 0 unspecified atom stereocenters. The van der Waals surface area contributed by atoms with Crippen LogP contribution in [0, 0.1) is 0 Å². The summed E-state index contributed by atoms with van der Waals surface area (Å²) in [7, 11) is 1.65. The van der Waals surface area contributed by atoms with Gasteiger partial charge in [-0.1, -0.05) is 25.0 Å². The summed E-state index contributed by atoms with van der Waals surface area (Å²) in [6.07, 6.45) is 6.21. The second kappa shape index (κ2) is 12.3. The lowest BCUT2D eigenvalue weighted by atomic mass is 10.1. The molecular weight excluding hydrogens is 338 g/mol. The van der Waals surface area contributed by atoms with Crippen molar-refractivity contribution >= 4 is 11.9 Å². The molecule has 1 aliphatic heterocycles. The highest BCUT2D eigenvalue weighted by atomic mass is 16.1. The second-order valence-electron chi connectivity index (χ2n) is 6.97. The molecule has 6 nitrogen and oxygen atoms in total. The minimum atomic E-state index is -0.0479. The number of rotatable bonds is 8. The van der Waals surface area contributed by atoms with E-state index in [4.69, 9.17) is 4.99 Å². The van der Waals surface area contributed by atoms with Gasteiger partial charge in [0.05, 0.1) is 6.54 Å². The van der Waals surface area contributed by atoms with Crippen molar-refractivity contribution in [2.24, 2.45) is 4.99 Å². The number of guanidine groups is 1. The molecular formula is C21H35N5O. The Balaban J connectivity index is 1.78. The standard InChI is InChI=1S/C21H35N5O/c1-3-23-21(25-13-16-26-14-6-4-5-7-15-26)24-12-11-18-9-8-10-19(17-18)20(27)22-2/h8-10,17H,3-7,11-16H2,1-2H3,(H,22,27)(H2,23,24,25). The third kappa shape index (κ3) is 7.99. The Morgan fingerprint density at radius 2 is 1.93 bits per heavy atom. The second-order valence-corrected chi connectivity index (χ2v) is 6.97. The van der Waals surface area contributed by atoms with Gasteiger partial charge in [-0.2, -0.15) is 0 Å². The minimum Gasteiger partial charge on any atom is -0.357 e. The molecule has 0 bridgehead atoms. The Bertz CT molecular complexity index is 594. The first-order valence-electron chi connectivity index (χ1n) is 10.3. The van der Waals surface area contributed by atoms with Gasteiger partial charge in [0.15, 0.2) is 5.96 Å². The zero-order chi connectivity index (χ0) is 19.3. The Hall–Kier alpha value is -2.08. The van der Waals surface area contributed by atoms with Crippen LogP contribution in [0.15, 0.2) is 29.3 Å². The smallest absolute Gasteiger partial charge is 0.251 e. The molecule has 3 N–H and O–H groups in total. The van der Waals surface area contributed by atoms with E-state index in [2.05, 4.69) is 33.8 Å². The summed E-state index contributed by atoms with van der Waals surface area (Å²) in [5.74, 6) is 0.822. The van der Waals surface area contributed by atoms with Crippen LogP contribution in [-0.2, 0) is 6.42 Å². The van der Waals surface area contributed by atoms with Crippen molar-refractivity contribution in [2.75, 3.05) is 46.3 Å². The third-order valence-electron chi connectivity index (χ3n) is 4.85. The number of hydrogen-bond donors (Lipinski definition) is 3. The molecule has 0 saturated carbocycles. The van der Waals surface area contributed by atoms with Crippen LogP contribution in [-0.4, -0.2) is 63.1 Å². The molecule has 0 aromatic heterocycles. The van der Waals surface area contributed by atoms with Crippen molar-refractivity contribution in [3.8, 4) is 0 Å². The number of carbonyl (C=O) groups is 1. The summed E-state index contributed by atoms with van der Waals surface area (Å²) in [6.45, 7) is 7.99. The maximum absolute atomic E-state index is 11.7. The van der Waals surface area contributed by atoms with Gasteiger partial charge in [0.2, 0.25) is 0 Å². The Kier molecular flexibility index (Phi) is 9.69. The summed E-state index contributed by atoms with van der Waals surface area (Å²) >= 11 is 0. The van der Waals surface area contributed by atoms with Gasteiger partial charge in [-0.25, -0.2) is 0 Å². The number of hydrogen-bond acceptors (Lipinski definition) is 3. The Labute approximate surface area is 163 Å². The van der Waals surface area contributed by atoms with Crippen molar-refractivity contribution in [1.29, 1.82) is 0 Å². The molecule has 1 saturated heterocycles. The zero-order valence-corrected chi connectivity index (χ0v) is 16.9. The number of aliphatic imine (C=N–C) groups is 1. The van der Waals surface area contributed by atoms with Gasteiger partial charge in [-0.15, -0.1) is 0 Å². The summed E-state index contributed by atoms with van der Waals surface area (Å²) in [4.78, 5) is 19.0. The first kappa shape index (κ1) is 21.2. The van der Waals surface area contributed by atoms with Gasteiger partial charge in [-0.3, -0.25) is 9.79 Å². The highest BCUT2D eigenvalue weighted by Gasteiger charge is 2.08. The van der Waals surface area contributed by atoms with Gasteiger partial charge in [0, 0.05) is 32.2 Å². The number of nitrogens with zero attached hydrogens (tertiary/aromatic N) is 2. The maximum atomic E-state index is 11.7. The molecule has 1 aromatic carbocycles. The molecule has 1 aromatic rings. The van der Waals surface area contributed by atoms with E-state index in [9.17, 15) is 4.79 Å². The van der Waals surface area contributed by atoms with Crippen molar-refractivity contribution < 1.29 is 4.79 Å². The van der Waals surface area contributed by atoms with Crippen LogP contribution in [0.3, 0.4) is 0 Å². The first-order chi connectivity index (χ1) is 13.2. The molecule has 1 fully saturated rings. The monoisotopic (exact) mass is 373 g/mol. The number of nitrogens with one attached hydrogen (secondary N) is 3. The lowest BCUT2D eigenvalue weighted by molar-refractivity contribution is 0.0963. The SMILES string of the molecule is CCNC(=NCCN1CCCCCC1)NCCc1cccc(C(=O)NC)c1. The Morgan fingerprint density at radius 3 is 2.63 bits per heavy atom. The van der Waals surface area contributed by atoms with Crippen molar-refractivity contribution in [1.82, 2.24) is 20.9 Å². The average Bonchev–Trinajstić information content (AvgIpc) is 2.96. The number of likely N-dealkylation sites (tertiary alicyclic amines) is 1. The molecule has 1 heterocycles. The van der Waals surface area contributed by atoms with E-state index < -0.39 is 0 Å². The Morgan fingerprint density at radius 1 is 1.15 bits per heavy atom. The fourth-order valence-electron chi connectivity index (χ4n) is 3.34. The molecule has 0 radical (unpaired) electrons. The molecule has 27 heavy (non-hydrogen) atoms. The fourth-order valence-corrected chi connectivity index (χ4v) is 3.34. The normalized spacial score (nSPS) is 15.9. The van der Waals surface area contributed by atoms with Crippen LogP contribution in [0.2, 0.25) is 0 Å². The van der Waals surface area contributed by atoms with Crippen molar-refractivity contribution in [3.63, 3.8) is 0 Å². The van der Waals surface area contributed by atoms with E-state index >= 15 is 0 Å². The highest BCUT2D eigenvalue weighted by Crippen LogP contribution is 2.09. The van der Waals surface area contributed by atoms with Crippen LogP contribution >= 0.6 is 0 Å². The van der Waals surface area contributed by atoms with Gasteiger partial charge in [0.25, 0.3) is 5.91 Å². The van der Waals surface area contributed by atoms with Gasteiger partial charge in [0.1, 0.15) is 0 Å². The molecule has 150 valence electrons. The lowest BCUT2D eigenvalue weighted by Crippen LogP contribution is -2.39. The predicted octanol–water partition coefficient (Wildman–Crippen LogP) is 2.02. The minimum absolute atomic E-state index is 0.0479. The third-order valence-corrected chi connectivity index (χ3v) is 4.85. The quantitative estimate of drug-likeness (QED) is 0.482. The largest absolute Gasteiger partial charge is 0.357 e. The molecule has 0 spiro atoms. The van der Waals surface area contributed by atoms with Crippen LogP contribution < -0.4 is 16.0 Å². The van der Waals surface area contributed by atoms with E-state index in [1.807, 2.05) is 18.2 Å². The van der Waals surface area contributed by atoms with Crippen LogP contribution in [0.1, 0.15) is 48.5 Å². The van der Waals surface area contributed by atoms with Gasteiger partial charge >= 0.3 is 0 Å². The molecule has 6 heteroatoms. The fraction of sp³-hybridized carbons (Fsp3) is 0.619. The average molecular weight is 374 g/mol. The molecule has 0 atom stereocenters. The van der Waals surface area contributed by atoms with E-state index in [1.165, 1.54) is 38.8 Å². The van der Waals surface area contributed by atoms with E-state index in [1.54, 1.807) is 7.05 Å². The van der Waals surface area contributed by atoms with Crippen LogP contribution in [0.4, 0.5) is 0 Å². The van der Waals surface area contributed by atoms with E-state index in [0.29, 0.717) is 5.56 Å². The van der Waals surface area contributed by atoms with Crippen LogP contribution in [0.25, 0.3) is 0 Å². The maximum Gasteiger partial charge on any atom is 0.251 e. The van der Waals surface area contributed by atoms with Crippen molar-refractivity contribution in [3.05, 3.63) is 35.4 Å². The topological polar surface area (TPSA) is 68.8 Å². The highest BCUT2D eigenvalue weighted by molar-refractivity contribution is 5.94. The first-order valence-corrected chi connectivity index (χ1v) is 10.3. The van der Waals surface area contributed by atoms with Gasteiger partial charge in [-0.05, 0) is 57.0 Å². The number of carbonyl (C=O) groups excluding carboxylic acids is 1. The van der Waals surface area contributed by atoms with Crippen molar-refractivity contribution in [2.45, 2.75) is 39.0 Å². The number of amides is 1. The summed E-state index contributed by atoms with van der Waals surface area (Å²) in [6, 6.07) is 7.77. The zero-order valence-electron chi connectivity index (χ0n) is 16.9.